The summed E-state index contributed by atoms with van der Waals surface area (Å²) in [6.45, 7) is 4.75. The molecule has 204 valence electrons. The monoisotopic (exact) mass is 531 g/mol. The molecule has 1 fully saturated rings. The third-order valence-electron chi connectivity index (χ3n) is 6.54. The van der Waals surface area contributed by atoms with Gasteiger partial charge in [-0.2, -0.15) is 0 Å². The van der Waals surface area contributed by atoms with E-state index < -0.39 is 17.7 Å². The van der Waals surface area contributed by atoms with Crippen LogP contribution in [0.25, 0.3) is 5.76 Å². The number of aliphatic hydroxyl groups is 1. The standard InChI is InChI=1S/C31H33NO7/c1-5-17-39-26-15-8-22(19-20(26)2)29(33)27-28(21-6-9-23(36-3)10-7-21)32(31(35)30(27)34)16-18-38-25-13-11-24(37-4)12-14-25/h6-15,19,28,33H,5,16-18H2,1-4H3/b29-27-. The molecule has 1 aliphatic rings. The van der Waals surface area contributed by atoms with Crippen molar-refractivity contribution in [2.75, 3.05) is 34.0 Å². The number of methoxy groups -OCH3 is 2. The van der Waals surface area contributed by atoms with Crippen molar-refractivity contribution in [3.8, 4) is 23.0 Å². The van der Waals surface area contributed by atoms with Crippen molar-refractivity contribution in [1.82, 2.24) is 4.90 Å². The molecule has 1 saturated heterocycles. The number of amides is 1. The predicted octanol–water partition coefficient (Wildman–Crippen LogP) is 5.30. The zero-order valence-corrected chi connectivity index (χ0v) is 22.6. The number of Topliss-reactive ketones (excluding diaryl/α,β-unsaturated/α-hetero) is 1. The predicted molar refractivity (Wildman–Crippen MR) is 147 cm³/mol. The minimum atomic E-state index is -0.799. The minimum absolute atomic E-state index is 0.0243. The topological polar surface area (TPSA) is 94.5 Å². The van der Waals surface area contributed by atoms with Crippen molar-refractivity contribution in [3.63, 3.8) is 0 Å². The highest BCUT2D eigenvalue weighted by atomic mass is 16.5. The summed E-state index contributed by atoms with van der Waals surface area (Å²) in [7, 11) is 3.15. The Hall–Kier alpha value is -4.46. The smallest absolute Gasteiger partial charge is 0.295 e. The number of ether oxygens (including phenoxy) is 4. The maximum absolute atomic E-state index is 13.3. The van der Waals surface area contributed by atoms with Crippen LogP contribution in [0, 0.1) is 6.92 Å². The van der Waals surface area contributed by atoms with E-state index in [1.54, 1.807) is 80.9 Å². The SMILES string of the molecule is CCCOc1ccc(/C(O)=C2/C(=O)C(=O)N(CCOc3ccc(OC)cc3)C2c2ccc(OC)cc2)cc1C. The number of likely N-dealkylation sites (tertiary alicyclic amines) is 1. The number of carbonyl (C=O) groups is 2. The number of ketones is 1. The number of aryl methyl sites for hydroxylation is 1. The molecule has 1 unspecified atom stereocenters. The van der Waals surface area contributed by atoms with Gasteiger partial charge in [0.15, 0.2) is 0 Å². The van der Waals surface area contributed by atoms with Crippen LogP contribution in [0.2, 0.25) is 0 Å². The quantitative estimate of drug-likeness (QED) is 0.204. The molecule has 3 aromatic carbocycles. The van der Waals surface area contributed by atoms with Gasteiger partial charge in [-0.1, -0.05) is 19.1 Å². The highest BCUT2D eigenvalue weighted by Crippen LogP contribution is 2.40. The number of rotatable bonds is 11. The van der Waals surface area contributed by atoms with E-state index in [0.29, 0.717) is 40.7 Å². The summed E-state index contributed by atoms with van der Waals surface area (Å²) in [6, 6.07) is 18.6. The number of nitrogens with zero attached hydrogens (tertiary/aromatic N) is 1. The third-order valence-corrected chi connectivity index (χ3v) is 6.54. The van der Waals surface area contributed by atoms with Gasteiger partial charge in [0.25, 0.3) is 11.7 Å². The molecule has 39 heavy (non-hydrogen) atoms. The van der Waals surface area contributed by atoms with E-state index >= 15 is 0 Å². The number of carbonyl (C=O) groups excluding carboxylic acids is 2. The molecule has 0 aliphatic carbocycles. The second kappa shape index (κ2) is 12.4. The van der Waals surface area contributed by atoms with E-state index in [2.05, 4.69) is 0 Å². The molecule has 8 heteroatoms. The zero-order valence-electron chi connectivity index (χ0n) is 22.6. The van der Waals surface area contributed by atoms with Crippen molar-refractivity contribution < 1.29 is 33.6 Å². The Morgan fingerprint density at radius 1 is 0.846 bits per heavy atom. The minimum Gasteiger partial charge on any atom is -0.507 e. The Morgan fingerprint density at radius 3 is 2.05 bits per heavy atom. The van der Waals surface area contributed by atoms with E-state index in [-0.39, 0.29) is 24.5 Å². The maximum Gasteiger partial charge on any atom is 0.295 e. The molecule has 4 rings (SSSR count). The average Bonchev–Trinajstić information content (AvgIpc) is 3.21. The first-order valence-corrected chi connectivity index (χ1v) is 12.8. The summed E-state index contributed by atoms with van der Waals surface area (Å²) < 4.78 is 22.0. The van der Waals surface area contributed by atoms with Gasteiger partial charge in [-0.15, -0.1) is 0 Å². The molecule has 0 bridgehead atoms. The molecular formula is C31H33NO7. The fourth-order valence-electron chi connectivity index (χ4n) is 4.50. The molecule has 1 heterocycles. The second-order valence-electron chi connectivity index (χ2n) is 9.12. The van der Waals surface area contributed by atoms with Crippen LogP contribution >= 0.6 is 0 Å². The number of hydrogen-bond acceptors (Lipinski definition) is 7. The third kappa shape index (κ3) is 6.00. The lowest BCUT2D eigenvalue weighted by Gasteiger charge is -2.25. The van der Waals surface area contributed by atoms with Gasteiger partial charge in [-0.25, -0.2) is 0 Å². The van der Waals surface area contributed by atoms with Crippen LogP contribution in [0.5, 0.6) is 23.0 Å². The lowest BCUT2D eigenvalue weighted by Crippen LogP contribution is -2.33. The van der Waals surface area contributed by atoms with Gasteiger partial charge in [0.05, 0.1) is 39.0 Å². The molecule has 0 spiro atoms. The van der Waals surface area contributed by atoms with Gasteiger partial charge in [-0.05, 0) is 79.1 Å². The first-order valence-electron chi connectivity index (χ1n) is 12.8. The second-order valence-corrected chi connectivity index (χ2v) is 9.12. The average molecular weight is 532 g/mol. The largest absolute Gasteiger partial charge is 0.507 e. The van der Waals surface area contributed by atoms with Gasteiger partial charge < -0.3 is 29.0 Å². The van der Waals surface area contributed by atoms with Crippen molar-refractivity contribution >= 4 is 17.4 Å². The summed E-state index contributed by atoms with van der Waals surface area (Å²) >= 11 is 0. The Kier molecular flexibility index (Phi) is 8.76. The van der Waals surface area contributed by atoms with Crippen LogP contribution < -0.4 is 18.9 Å². The van der Waals surface area contributed by atoms with Crippen LogP contribution in [0.15, 0.2) is 72.3 Å². The molecule has 1 N–H and O–H groups in total. The van der Waals surface area contributed by atoms with Gasteiger partial charge in [0.2, 0.25) is 0 Å². The van der Waals surface area contributed by atoms with Gasteiger partial charge in [0.1, 0.15) is 35.4 Å². The summed E-state index contributed by atoms with van der Waals surface area (Å²) in [5.41, 5.74) is 1.94. The highest BCUT2D eigenvalue weighted by molar-refractivity contribution is 6.46. The lowest BCUT2D eigenvalue weighted by molar-refractivity contribution is -0.140. The Morgan fingerprint density at radius 2 is 1.46 bits per heavy atom. The first-order chi connectivity index (χ1) is 18.9. The molecule has 8 nitrogen and oxygen atoms in total. The molecule has 1 aliphatic heterocycles. The molecule has 0 radical (unpaired) electrons. The Bertz CT molecular complexity index is 1350. The molecule has 0 saturated carbocycles. The van der Waals surface area contributed by atoms with Crippen LogP contribution in [0.4, 0.5) is 0 Å². The Balaban J connectivity index is 1.67. The van der Waals surface area contributed by atoms with Crippen LogP contribution in [0.3, 0.4) is 0 Å². The molecule has 1 amide bonds. The maximum atomic E-state index is 13.3. The molecule has 1 atom stereocenters. The van der Waals surface area contributed by atoms with E-state index in [1.165, 1.54) is 4.90 Å². The van der Waals surface area contributed by atoms with Gasteiger partial charge >= 0.3 is 0 Å². The van der Waals surface area contributed by atoms with Crippen LogP contribution in [0.1, 0.15) is 36.1 Å². The van der Waals surface area contributed by atoms with Gasteiger partial charge in [-0.3, -0.25) is 9.59 Å². The van der Waals surface area contributed by atoms with E-state index in [0.717, 1.165) is 12.0 Å². The first kappa shape index (κ1) is 27.6. The lowest BCUT2D eigenvalue weighted by atomic mass is 9.94. The van der Waals surface area contributed by atoms with Crippen molar-refractivity contribution in [1.29, 1.82) is 0 Å². The normalized spacial score (nSPS) is 16.3. The van der Waals surface area contributed by atoms with Crippen molar-refractivity contribution in [2.24, 2.45) is 0 Å². The fraction of sp³-hybridized carbons (Fsp3) is 0.290. The van der Waals surface area contributed by atoms with Crippen molar-refractivity contribution in [3.05, 3.63) is 89.0 Å². The molecule has 0 aromatic heterocycles. The number of hydrogen-bond donors (Lipinski definition) is 1. The van der Waals surface area contributed by atoms with E-state index in [1.807, 2.05) is 13.8 Å². The molecular weight excluding hydrogens is 498 g/mol. The van der Waals surface area contributed by atoms with Crippen LogP contribution in [-0.2, 0) is 9.59 Å². The summed E-state index contributed by atoms with van der Waals surface area (Å²) in [5, 5.41) is 11.4. The van der Waals surface area contributed by atoms with Crippen LogP contribution in [-0.4, -0.2) is 55.7 Å². The zero-order chi connectivity index (χ0) is 27.9. The fourth-order valence-corrected chi connectivity index (χ4v) is 4.50. The van der Waals surface area contributed by atoms with E-state index in [4.69, 9.17) is 18.9 Å². The van der Waals surface area contributed by atoms with E-state index in [9.17, 15) is 14.7 Å². The Labute approximate surface area is 228 Å². The molecule has 3 aromatic rings. The van der Waals surface area contributed by atoms with Crippen molar-refractivity contribution in [2.45, 2.75) is 26.3 Å². The number of aliphatic hydroxyl groups excluding tert-OH is 1. The number of benzene rings is 3. The summed E-state index contributed by atoms with van der Waals surface area (Å²) in [4.78, 5) is 28.0. The highest BCUT2D eigenvalue weighted by Gasteiger charge is 2.46. The summed E-state index contributed by atoms with van der Waals surface area (Å²) in [5.74, 6) is 0.963. The van der Waals surface area contributed by atoms with Gasteiger partial charge in [0, 0.05) is 5.56 Å². The summed E-state index contributed by atoms with van der Waals surface area (Å²) in [6.07, 6.45) is 0.870.